The van der Waals surface area contributed by atoms with Gasteiger partial charge in [-0.3, -0.25) is 14.4 Å². The molecule has 4 nitrogen and oxygen atoms in total. The lowest BCUT2D eigenvalue weighted by Gasteiger charge is -2.20. The highest BCUT2D eigenvalue weighted by Crippen LogP contribution is 2.42. The molecule has 0 aliphatic heterocycles. The van der Waals surface area contributed by atoms with Gasteiger partial charge in [0.05, 0.1) is 0 Å². The van der Waals surface area contributed by atoms with E-state index in [4.69, 9.17) is 0 Å². The van der Waals surface area contributed by atoms with Crippen LogP contribution in [0.2, 0.25) is 0 Å². The first-order chi connectivity index (χ1) is 12.6. The molecule has 0 unspecified atom stereocenters. The molecule has 0 heterocycles. The molecule has 3 aromatic rings. The molecule has 26 heavy (non-hydrogen) atoms. The molecule has 0 amide bonds. The van der Waals surface area contributed by atoms with Crippen LogP contribution in [0.5, 0.6) is 0 Å². The molecule has 0 bridgehead atoms. The summed E-state index contributed by atoms with van der Waals surface area (Å²) >= 11 is 0. The Labute approximate surface area is 150 Å². The number of hydrogen-bond donors (Lipinski definition) is 0. The Balaban J connectivity index is 2.21. The van der Waals surface area contributed by atoms with Gasteiger partial charge in [0, 0.05) is 32.6 Å². The highest BCUT2D eigenvalue weighted by molar-refractivity contribution is 7.85. The third-order valence-corrected chi connectivity index (χ3v) is 7.25. The van der Waals surface area contributed by atoms with Crippen LogP contribution in [0.1, 0.15) is 31.1 Å². The third kappa shape index (κ3) is 3.19. The molecule has 0 saturated carbocycles. The summed E-state index contributed by atoms with van der Waals surface area (Å²) in [6, 6.07) is 19.8. The highest BCUT2D eigenvalue weighted by atomic mass is 31.2. The van der Waals surface area contributed by atoms with Gasteiger partial charge in [0.2, 0.25) is 0 Å². The summed E-state index contributed by atoms with van der Waals surface area (Å²) in [6.07, 6.45) is 2.19. The Morgan fingerprint density at radius 1 is 0.462 bits per heavy atom. The van der Waals surface area contributed by atoms with Gasteiger partial charge in [-0.05, 0) is 0 Å². The zero-order valence-electron chi connectivity index (χ0n) is 13.7. The van der Waals surface area contributed by atoms with Gasteiger partial charge >= 0.3 is 0 Å². The molecule has 5 heteroatoms. The van der Waals surface area contributed by atoms with Crippen LogP contribution in [0.3, 0.4) is 0 Å². The van der Waals surface area contributed by atoms with Crippen molar-refractivity contribution in [2.24, 2.45) is 0 Å². The lowest BCUT2D eigenvalue weighted by atomic mass is 10.2. The quantitative estimate of drug-likeness (QED) is 0.500. The smallest absolute Gasteiger partial charge is 0.171 e. The van der Waals surface area contributed by atoms with E-state index in [-0.39, 0.29) is 0 Å². The Morgan fingerprint density at radius 2 is 0.692 bits per heavy atom. The summed E-state index contributed by atoms with van der Waals surface area (Å²) in [5.41, 5.74) is 1.48. The van der Waals surface area contributed by atoms with Crippen LogP contribution in [-0.4, -0.2) is 18.9 Å². The molecule has 0 aromatic heterocycles. The molecule has 3 aromatic carbocycles. The van der Waals surface area contributed by atoms with Gasteiger partial charge in [-0.2, -0.15) is 0 Å². The highest BCUT2D eigenvalue weighted by Gasteiger charge is 2.29. The van der Waals surface area contributed by atoms with Crippen LogP contribution >= 0.6 is 7.14 Å². The van der Waals surface area contributed by atoms with E-state index >= 15 is 0 Å². The van der Waals surface area contributed by atoms with E-state index in [1.807, 2.05) is 0 Å². The summed E-state index contributed by atoms with van der Waals surface area (Å²) in [5, 5.41) is 1.71. The van der Waals surface area contributed by atoms with Crippen LogP contribution in [0.25, 0.3) is 0 Å². The van der Waals surface area contributed by atoms with E-state index in [1.54, 1.807) is 72.8 Å². The molecule has 0 aliphatic carbocycles. The Kier molecular flexibility index (Phi) is 5.06. The Morgan fingerprint density at radius 3 is 0.885 bits per heavy atom. The normalized spacial score (nSPS) is 10.9. The predicted octanol–water partition coefficient (Wildman–Crippen LogP) is 2.76. The summed E-state index contributed by atoms with van der Waals surface area (Å²) in [6.45, 7) is 0. The minimum atomic E-state index is -3.22. The summed E-state index contributed by atoms with van der Waals surface area (Å²) < 4.78 is 14.2. The maximum Gasteiger partial charge on any atom is 0.171 e. The van der Waals surface area contributed by atoms with Crippen LogP contribution in [0.4, 0.5) is 0 Å². The molecule has 0 saturated heterocycles. The fourth-order valence-electron chi connectivity index (χ4n) is 2.74. The van der Waals surface area contributed by atoms with Gasteiger partial charge in [-0.1, -0.05) is 72.8 Å². The second-order valence-corrected chi connectivity index (χ2v) is 8.51. The largest absolute Gasteiger partial charge is 0.309 e. The van der Waals surface area contributed by atoms with Crippen LogP contribution in [0.15, 0.2) is 72.8 Å². The minimum absolute atomic E-state index is 0.493. The molecule has 0 fully saturated rings. The van der Waals surface area contributed by atoms with Crippen LogP contribution in [-0.2, 0) is 4.57 Å². The first kappa shape index (κ1) is 17.7. The van der Waals surface area contributed by atoms with E-state index < -0.39 is 7.14 Å². The van der Waals surface area contributed by atoms with Gasteiger partial charge in [0.15, 0.2) is 7.14 Å². The van der Waals surface area contributed by atoms with Crippen molar-refractivity contribution in [3.63, 3.8) is 0 Å². The SMILES string of the molecule is O=Cc1ccc(P(=O)(c2ccc(C=O)cc2)c2ccc(C=O)cc2)cc1. The number of rotatable bonds is 6. The van der Waals surface area contributed by atoms with E-state index in [2.05, 4.69) is 0 Å². The summed E-state index contributed by atoms with van der Waals surface area (Å²) in [4.78, 5) is 32.7. The number of carbonyl (C=O) groups excluding carboxylic acids is 3. The number of aldehydes is 3. The molecular formula is C21H15O4P. The molecular weight excluding hydrogens is 347 g/mol. The van der Waals surface area contributed by atoms with Crippen molar-refractivity contribution >= 4 is 41.9 Å². The zero-order valence-corrected chi connectivity index (χ0v) is 14.6. The fourth-order valence-corrected chi connectivity index (χ4v) is 5.34. The lowest BCUT2D eigenvalue weighted by molar-refractivity contribution is 0.111. The topological polar surface area (TPSA) is 68.3 Å². The second kappa shape index (κ2) is 7.42. The average molecular weight is 362 g/mol. The molecule has 3 rings (SSSR count). The lowest BCUT2D eigenvalue weighted by Crippen LogP contribution is -2.25. The maximum atomic E-state index is 14.2. The fraction of sp³-hybridized carbons (Fsp3) is 0. The first-order valence-corrected chi connectivity index (χ1v) is 9.60. The van der Waals surface area contributed by atoms with Gasteiger partial charge in [0.1, 0.15) is 18.9 Å². The molecule has 0 atom stereocenters. The van der Waals surface area contributed by atoms with Crippen molar-refractivity contribution < 1.29 is 18.9 Å². The van der Waals surface area contributed by atoms with E-state index in [0.717, 1.165) is 18.9 Å². The van der Waals surface area contributed by atoms with Crippen molar-refractivity contribution in [3.05, 3.63) is 89.5 Å². The van der Waals surface area contributed by atoms with Crippen molar-refractivity contribution in [1.82, 2.24) is 0 Å². The average Bonchev–Trinajstić information content (AvgIpc) is 2.73. The molecule has 0 spiro atoms. The van der Waals surface area contributed by atoms with Crippen LogP contribution < -0.4 is 15.9 Å². The van der Waals surface area contributed by atoms with Gasteiger partial charge < -0.3 is 4.57 Å². The molecule has 0 aliphatic rings. The Hall–Kier alpha value is -3.10. The van der Waals surface area contributed by atoms with Gasteiger partial charge in [-0.25, -0.2) is 0 Å². The number of benzene rings is 3. The van der Waals surface area contributed by atoms with Crippen molar-refractivity contribution in [1.29, 1.82) is 0 Å². The molecule has 0 N–H and O–H groups in total. The summed E-state index contributed by atoms with van der Waals surface area (Å²) in [7, 11) is -3.22. The van der Waals surface area contributed by atoms with Gasteiger partial charge in [-0.15, -0.1) is 0 Å². The predicted molar refractivity (Wildman–Crippen MR) is 102 cm³/mol. The third-order valence-electron chi connectivity index (χ3n) is 4.18. The van der Waals surface area contributed by atoms with E-state index in [9.17, 15) is 18.9 Å². The van der Waals surface area contributed by atoms with Gasteiger partial charge in [0.25, 0.3) is 0 Å². The van der Waals surface area contributed by atoms with Crippen molar-refractivity contribution in [3.8, 4) is 0 Å². The standard InChI is InChI=1S/C21H15O4P/c22-13-16-1-7-19(8-2-16)26(25,20-9-3-17(14-23)4-10-20)21-11-5-18(15-24)6-12-21/h1-15H. The Bertz CT molecular complexity index is 856. The first-order valence-electron chi connectivity index (χ1n) is 7.89. The maximum absolute atomic E-state index is 14.2. The van der Waals surface area contributed by atoms with E-state index in [0.29, 0.717) is 32.6 Å². The number of hydrogen-bond acceptors (Lipinski definition) is 4. The van der Waals surface area contributed by atoms with E-state index in [1.165, 1.54) is 0 Å². The number of carbonyl (C=O) groups is 3. The van der Waals surface area contributed by atoms with Crippen molar-refractivity contribution in [2.75, 3.05) is 0 Å². The minimum Gasteiger partial charge on any atom is -0.309 e. The second-order valence-electron chi connectivity index (χ2n) is 5.74. The van der Waals surface area contributed by atoms with Crippen LogP contribution in [0, 0.1) is 0 Å². The summed E-state index contributed by atoms with van der Waals surface area (Å²) in [5.74, 6) is 0. The van der Waals surface area contributed by atoms with Crippen molar-refractivity contribution in [2.45, 2.75) is 0 Å². The monoisotopic (exact) mass is 362 g/mol. The molecule has 0 radical (unpaired) electrons. The molecule has 128 valence electrons. The zero-order chi connectivity index (χ0) is 18.6.